The summed E-state index contributed by atoms with van der Waals surface area (Å²) in [6.45, 7) is 7.57. The van der Waals surface area contributed by atoms with E-state index in [-0.39, 0.29) is 36.2 Å². The summed E-state index contributed by atoms with van der Waals surface area (Å²) in [4.78, 5) is 41.5. The summed E-state index contributed by atoms with van der Waals surface area (Å²) in [6.07, 6.45) is 2.07. The van der Waals surface area contributed by atoms with Crippen LogP contribution in [0.2, 0.25) is 18.6 Å². The number of aliphatic hydroxyl groups is 1. The Morgan fingerprint density at radius 1 is 1.16 bits per heavy atom. The number of ether oxygens (including phenoxy) is 2. The Balaban J connectivity index is 1.30. The molecule has 2 amide bonds. The zero-order valence-electron chi connectivity index (χ0n) is 24.4. The van der Waals surface area contributed by atoms with Gasteiger partial charge in [0.25, 0.3) is 5.91 Å². The molecule has 2 N–H and O–H groups in total. The first kappa shape index (κ1) is 29.9. The molecule has 0 unspecified atom stereocenters. The molecular formula is C30H36BrN5O6Si. The summed E-state index contributed by atoms with van der Waals surface area (Å²) in [5.41, 5.74) is 2.51. The van der Waals surface area contributed by atoms with Crippen molar-refractivity contribution < 1.29 is 29.0 Å². The zero-order chi connectivity index (χ0) is 30.5. The van der Waals surface area contributed by atoms with Crippen molar-refractivity contribution in [2.75, 3.05) is 29.6 Å². The second-order valence-electron chi connectivity index (χ2n) is 12.1. The number of aromatic nitrogens is 3. The van der Waals surface area contributed by atoms with Gasteiger partial charge in [0.2, 0.25) is 0 Å². The number of halogens is 1. The molecule has 2 saturated heterocycles. The van der Waals surface area contributed by atoms with Gasteiger partial charge in [-0.05, 0) is 55.4 Å². The van der Waals surface area contributed by atoms with Crippen LogP contribution in [0.1, 0.15) is 30.2 Å². The standard InChI is InChI=1S/C30H36BrN5O6Si/c1-19-27(43(2,3)40)26(10-12-34-18-22(11-14-37)32-33-34)42-30(19)24-16-21(31)6-9-25(24)36(28(30)38)17-20-4-7-23(8-5-20)35-13-15-41-29(35)39/h4-9,16,18-19,26-27,37,40H,10-15,17H2,1-3H3/t19-,26+,27-,30+/m0/s1. The van der Waals surface area contributed by atoms with Gasteiger partial charge in [0.05, 0.1) is 30.6 Å². The van der Waals surface area contributed by atoms with E-state index < -0.39 is 13.9 Å². The lowest BCUT2D eigenvalue weighted by atomic mass is 9.82. The topological polar surface area (TPSA) is 130 Å². The first-order chi connectivity index (χ1) is 20.5. The Hall–Kier alpha value is -3.10. The summed E-state index contributed by atoms with van der Waals surface area (Å²) < 4.78 is 14.5. The Labute approximate surface area is 259 Å². The van der Waals surface area contributed by atoms with Crippen molar-refractivity contribution in [3.8, 4) is 0 Å². The van der Waals surface area contributed by atoms with Crippen molar-refractivity contribution in [3.05, 3.63) is 70.0 Å². The minimum absolute atomic E-state index is 0.00163. The molecule has 228 valence electrons. The molecule has 1 spiro atoms. The summed E-state index contributed by atoms with van der Waals surface area (Å²) in [6, 6.07) is 13.4. The van der Waals surface area contributed by atoms with Gasteiger partial charge in [-0.25, -0.2) is 4.79 Å². The number of cyclic esters (lactones) is 1. The van der Waals surface area contributed by atoms with Gasteiger partial charge < -0.3 is 24.3 Å². The second-order valence-corrected chi connectivity index (χ2v) is 17.0. The van der Waals surface area contributed by atoms with Crippen LogP contribution in [0.5, 0.6) is 0 Å². The highest BCUT2D eigenvalue weighted by Crippen LogP contribution is 2.60. The van der Waals surface area contributed by atoms with E-state index >= 15 is 0 Å². The molecule has 0 saturated carbocycles. The molecule has 1 aromatic heterocycles. The van der Waals surface area contributed by atoms with Gasteiger partial charge in [0, 0.05) is 53.0 Å². The quantitative estimate of drug-likeness (QED) is 0.328. The summed E-state index contributed by atoms with van der Waals surface area (Å²) >= 11 is 3.61. The fourth-order valence-corrected chi connectivity index (χ4v) is 9.97. The number of aliphatic hydroxyl groups excluding tert-OH is 1. The van der Waals surface area contributed by atoms with Crippen LogP contribution in [-0.4, -0.2) is 71.1 Å². The molecule has 6 rings (SSSR count). The van der Waals surface area contributed by atoms with E-state index in [4.69, 9.17) is 9.47 Å². The van der Waals surface area contributed by atoms with Crippen molar-refractivity contribution in [2.24, 2.45) is 5.92 Å². The van der Waals surface area contributed by atoms with Gasteiger partial charge in [0.1, 0.15) is 6.61 Å². The van der Waals surface area contributed by atoms with Crippen LogP contribution >= 0.6 is 15.9 Å². The van der Waals surface area contributed by atoms with Gasteiger partial charge in [-0.2, -0.15) is 0 Å². The van der Waals surface area contributed by atoms with Crippen LogP contribution in [0.15, 0.2) is 53.1 Å². The maximum Gasteiger partial charge on any atom is 0.414 e. The molecule has 3 aliphatic heterocycles. The van der Waals surface area contributed by atoms with Gasteiger partial charge in [-0.3, -0.25) is 14.4 Å². The van der Waals surface area contributed by atoms with E-state index in [0.717, 1.165) is 27.0 Å². The van der Waals surface area contributed by atoms with Crippen molar-refractivity contribution >= 4 is 47.6 Å². The number of hydrogen-bond acceptors (Lipinski definition) is 8. The molecule has 3 aliphatic rings. The molecule has 13 heteroatoms. The summed E-state index contributed by atoms with van der Waals surface area (Å²) in [7, 11) is -2.80. The van der Waals surface area contributed by atoms with E-state index in [0.29, 0.717) is 44.8 Å². The number of carbonyl (C=O) groups excluding carboxylic acids is 2. The van der Waals surface area contributed by atoms with Crippen LogP contribution in [-0.2, 0) is 39.4 Å². The fraction of sp³-hybridized carbons (Fsp3) is 0.467. The minimum Gasteiger partial charge on any atom is -0.447 e. The molecule has 4 atom stereocenters. The monoisotopic (exact) mass is 669 g/mol. The van der Waals surface area contributed by atoms with Gasteiger partial charge in [-0.15, -0.1) is 5.10 Å². The lowest BCUT2D eigenvalue weighted by molar-refractivity contribution is -0.146. The van der Waals surface area contributed by atoms with Crippen LogP contribution < -0.4 is 9.80 Å². The van der Waals surface area contributed by atoms with Crippen LogP contribution in [0.25, 0.3) is 0 Å². The Bertz CT molecular complexity index is 1530. The number of amides is 2. The first-order valence-corrected chi connectivity index (χ1v) is 18.4. The zero-order valence-corrected chi connectivity index (χ0v) is 27.0. The van der Waals surface area contributed by atoms with Gasteiger partial charge in [-0.1, -0.05) is 40.2 Å². The Morgan fingerprint density at radius 2 is 1.93 bits per heavy atom. The SMILES string of the molecule is C[C@H]1[C@H]([Si](C)(C)O)[C@@H](CCn2cc(CCO)nn2)O[C@]12C(=O)N(Cc1ccc(N3CCOC3=O)cc1)c1ccc(Br)cc12. The molecule has 3 aromatic rings. The smallest absolute Gasteiger partial charge is 0.414 e. The third-order valence-corrected chi connectivity index (χ3v) is 11.9. The van der Waals surface area contributed by atoms with Crippen LogP contribution in [0.3, 0.4) is 0 Å². The van der Waals surface area contributed by atoms with Crippen molar-refractivity contribution in [2.45, 2.75) is 63.2 Å². The molecule has 4 heterocycles. The molecule has 2 fully saturated rings. The molecule has 11 nitrogen and oxygen atoms in total. The third-order valence-electron chi connectivity index (χ3n) is 8.89. The number of carbonyl (C=O) groups is 2. The average molecular weight is 671 g/mol. The number of benzene rings is 2. The number of hydrogen-bond donors (Lipinski definition) is 2. The fourth-order valence-electron chi connectivity index (χ4n) is 7.00. The van der Waals surface area contributed by atoms with Crippen molar-refractivity contribution in [1.29, 1.82) is 0 Å². The van der Waals surface area contributed by atoms with E-state index in [1.165, 1.54) is 0 Å². The maximum atomic E-state index is 14.6. The number of fused-ring (bicyclic) bond motifs is 2. The highest BCUT2D eigenvalue weighted by Gasteiger charge is 2.66. The van der Waals surface area contributed by atoms with Crippen molar-refractivity contribution in [3.63, 3.8) is 0 Å². The summed E-state index contributed by atoms with van der Waals surface area (Å²) in [5.74, 6) is -0.420. The highest BCUT2D eigenvalue weighted by molar-refractivity contribution is 9.10. The van der Waals surface area contributed by atoms with E-state index in [2.05, 4.69) is 26.2 Å². The number of rotatable bonds is 9. The number of nitrogens with zero attached hydrogens (tertiary/aromatic N) is 5. The third kappa shape index (κ3) is 5.31. The summed E-state index contributed by atoms with van der Waals surface area (Å²) in [5, 5.41) is 17.5. The largest absolute Gasteiger partial charge is 0.447 e. The molecule has 43 heavy (non-hydrogen) atoms. The maximum absolute atomic E-state index is 14.6. The predicted molar refractivity (Wildman–Crippen MR) is 165 cm³/mol. The Kier molecular flexibility index (Phi) is 7.96. The molecule has 0 radical (unpaired) electrons. The van der Waals surface area contributed by atoms with Gasteiger partial charge in [0.15, 0.2) is 13.9 Å². The van der Waals surface area contributed by atoms with Crippen molar-refractivity contribution in [1.82, 2.24) is 15.0 Å². The highest BCUT2D eigenvalue weighted by atomic mass is 79.9. The first-order valence-electron chi connectivity index (χ1n) is 14.6. The average Bonchev–Trinajstić information content (AvgIpc) is 3.71. The van der Waals surface area contributed by atoms with Crippen LogP contribution in [0.4, 0.5) is 16.2 Å². The van der Waals surface area contributed by atoms with Gasteiger partial charge >= 0.3 is 6.09 Å². The van der Waals surface area contributed by atoms with E-state index in [1.54, 1.807) is 14.5 Å². The molecule has 0 aliphatic carbocycles. The molecule has 0 bridgehead atoms. The minimum atomic E-state index is -2.80. The number of anilines is 2. The Morgan fingerprint density at radius 3 is 2.60 bits per heavy atom. The van der Waals surface area contributed by atoms with Crippen LogP contribution in [0, 0.1) is 5.92 Å². The molecular weight excluding hydrogens is 634 g/mol. The van der Waals surface area contributed by atoms with E-state index in [1.807, 2.05) is 68.7 Å². The molecule has 2 aromatic carbocycles. The number of aryl methyl sites for hydroxylation is 1. The lowest BCUT2D eigenvalue weighted by Gasteiger charge is -2.32. The second kappa shape index (κ2) is 11.4. The van der Waals surface area contributed by atoms with E-state index in [9.17, 15) is 19.5 Å². The normalized spacial score (nSPS) is 25.2. The lowest BCUT2D eigenvalue weighted by Crippen LogP contribution is -2.46. The predicted octanol–water partition coefficient (Wildman–Crippen LogP) is 3.97.